The molecule has 3 aliphatic rings. The Morgan fingerprint density at radius 1 is 1.20 bits per heavy atom. The molecule has 4 heterocycles. The van der Waals surface area contributed by atoms with Gasteiger partial charge in [0.2, 0.25) is 0 Å². The van der Waals surface area contributed by atoms with Gasteiger partial charge in [-0.3, -0.25) is 0 Å². The minimum absolute atomic E-state index is 0.272. The van der Waals surface area contributed by atoms with Gasteiger partial charge in [0.25, 0.3) is 0 Å². The summed E-state index contributed by atoms with van der Waals surface area (Å²) in [5.74, 6) is 2.02. The third-order valence-electron chi connectivity index (χ3n) is 7.09. The molecule has 3 aromatic rings. The van der Waals surface area contributed by atoms with E-state index in [0.717, 1.165) is 59.1 Å². The fraction of sp³-hybridized carbons (Fsp3) is 0.333. The highest BCUT2D eigenvalue weighted by atomic mass is 19.1. The number of ether oxygens (including phenoxy) is 2. The summed E-state index contributed by atoms with van der Waals surface area (Å²) in [5.41, 5.74) is 4.32. The quantitative estimate of drug-likeness (QED) is 0.544. The van der Waals surface area contributed by atoms with E-state index in [1.165, 1.54) is 6.07 Å². The second-order valence-corrected chi connectivity index (χ2v) is 9.24. The van der Waals surface area contributed by atoms with Crippen molar-refractivity contribution < 1.29 is 18.7 Å². The largest absolute Gasteiger partial charge is 0.495 e. The minimum atomic E-state index is -0.493. The molecule has 1 fully saturated rings. The number of aromatic nitrogens is 2. The number of oxime groups is 1. The number of hydrogen-bond acceptors (Lipinski definition) is 6. The van der Waals surface area contributed by atoms with E-state index in [9.17, 15) is 4.39 Å². The number of benzene rings is 2. The maximum Gasteiger partial charge on any atom is 0.172 e. The summed E-state index contributed by atoms with van der Waals surface area (Å²) in [6, 6.07) is 10.9. The molecule has 0 amide bonds. The zero-order valence-corrected chi connectivity index (χ0v) is 19.8. The van der Waals surface area contributed by atoms with Crippen molar-refractivity contribution in [3.63, 3.8) is 0 Å². The van der Waals surface area contributed by atoms with E-state index in [0.29, 0.717) is 25.4 Å². The third kappa shape index (κ3) is 3.64. The predicted molar refractivity (Wildman–Crippen MR) is 130 cm³/mol. The number of methoxy groups -OCH3 is 1. The lowest BCUT2D eigenvalue weighted by atomic mass is 9.80. The van der Waals surface area contributed by atoms with Crippen molar-refractivity contribution in [3.05, 3.63) is 77.1 Å². The standard InChI is InChI=1S/C27H27FN4O3/c1-18-15-31(17-29-18)23-7-5-19(13-25(23)33-2)12-20-4-3-10-32-26(20)30-35-16-27(32)9-11-34-24-8-6-21(28)14-22(24)27/h5-8,12-15,17H,3-4,9-11,16H2,1-2H3/b20-12+/t27-/m1/s1. The van der Waals surface area contributed by atoms with Gasteiger partial charge in [-0.25, -0.2) is 9.37 Å². The molecular formula is C27H27FN4O3. The molecule has 7 nitrogen and oxygen atoms in total. The van der Waals surface area contributed by atoms with Crippen molar-refractivity contribution >= 4 is 11.9 Å². The lowest BCUT2D eigenvalue weighted by Gasteiger charge is -2.51. The maximum absolute atomic E-state index is 14.3. The first-order chi connectivity index (χ1) is 17.1. The minimum Gasteiger partial charge on any atom is -0.495 e. The number of hydrogen-bond donors (Lipinski definition) is 0. The topological polar surface area (TPSA) is 61.1 Å². The van der Waals surface area contributed by atoms with Gasteiger partial charge < -0.3 is 23.8 Å². The lowest BCUT2D eigenvalue weighted by molar-refractivity contribution is -0.0290. The Hall–Kier alpha value is -3.81. The van der Waals surface area contributed by atoms with Crippen LogP contribution in [0.1, 0.15) is 36.1 Å². The van der Waals surface area contributed by atoms with Crippen LogP contribution in [0, 0.1) is 12.7 Å². The van der Waals surface area contributed by atoms with Crippen molar-refractivity contribution in [2.45, 2.75) is 31.7 Å². The molecule has 0 N–H and O–H groups in total. The highest BCUT2D eigenvalue weighted by molar-refractivity contribution is 6.03. The first-order valence-corrected chi connectivity index (χ1v) is 11.9. The van der Waals surface area contributed by atoms with Crippen LogP contribution in [0.5, 0.6) is 11.5 Å². The van der Waals surface area contributed by atoms with Gasteiger partial charge in [0.1, 0.15) is 29.5 Å². The van der Waals surface area contributed by atoms with Crippen LogP contribution in [0.4, 0.5) is 4.39 Å². The molecule has 1 saturated heterocycles. The Bertz CT molecular complexity index is 1350. The lowest BCUT2D eigenvalue weighted by Crippen LogP contribution is -2.58. The van der Waals surface area contributed by atoms with Crippen LogP contribution in [-0.2, 0) is 10.4 Å². The Balaban J connectivity index is 1.37. The summed E-state index contributed by atoms with van der Waals surface area (Å²) in [5, 5.41) is 4.48. The molecule has 1 aromatic heterocycles. The van der Waals surface area contributed by atoms with Gasteiger partial charge in [-0.05, 0) is 67.3 Å². The third-order valence-corrected chi connectivity index (χ3v) is 7.09. The van der Waals surface area contributed by atoms with Crippen LogP contribution >= 0.6 is 0 Å². The molecular weight excluding hydrogens is 447 g/mol. The summed E-state index contributed by atoms with van der Waals surface area (Å²) in [6.07, 6.45) is 8.46. The summed E-state index contributed by atoms with van der Waals surface area (Å²) in [7, 11) is 1.67. The van der Waals surface area contributed by atoms with Gasteiger partial charge in [-0.2, -0.15) is 0 Å². The molecule has 3 aliphatic heterocycles. The van der Waals surface area contributed by atoms with Crippen molar-refractivity contribution in [1.29, 1.82) is 0 Å². The molecule has 0 bridgehead atoms. The summed E-state index contributed by atoms with van der Waals surface area (Å²) >= 11 is 0. The molecule has 6 rings (SSSR count). The number of rotatable bonds is 3. The van der Waals surface area contributed by atoms with Gasteiger partial charge in [-0.15, -0.1) is 0 Å². The summed E-state index contributed by atoms with van der Waals surface area (Å²) in [4.78, 5) is 12.4. The SMILES string of the molecule is COc1cc(/C=C2\CCCN3C2=NOC[C@@]32CCOc3ccc(F)cc32)ccc1-n1cnc(C)c1. The number of piperidine rings is 1. The van der Waals surface area contributed by atoms with Crippen molar-refractivity contribution in [2.24, 2.45) is 5.16 Å². The highest BCUT2D eigenvalue weighted by Crippen LogP contribution is 2.46. The zero-order valence-electron chi connectivity index (χ0n) is 19.8. The number of imidazole rings is 1. The van der Waals surface area contributed by atoms with Crippen molar-refractivity contribution in [1.82, 2.24) is 14.5 Å². The van der Waals surface area contributed by atoms with E-state index in [1.807, 2.05) is 29.8 Å². The molecule has 35 heavy (non-hydrogen) atoms. The first kappa shape index (κ1) is 21.7. The van der Waals surface area contributed by atoms with Gasteiger partial charge in [0.05, 0.1) is 31.4 Å². The normalized spacial score (nSPS) is 22.2. The van der Waals surface area contributed by atoms with Crippen molar-refractivity contribution in [2.75, 3.05) is 26.9 Å². The fourth-order valence-electron chi connectivity index (χ4n) is 5.40. The molecule has 2 aromatic carbocycles. The molecule has 1 spiro atoms. The molecule has 0 unspecified atom stereocenters. The van der Waals surface area contributed by atoms with Crippen molar-refractivity contribution in [3.8, 4) is 17.2 Å². The zero-order chi connectivity index (χ0) is 24.0. The molecule has 180 valence electrons. The smallest absolute Gasteiger partial charge is 0.172 e. The van der Waals surface area contributed by atoms with Crippen LogP contribution in [0.2, 0.25) is 0 Å². The average molecular weight is 475 g/mol. The van der Waals surface area contributed by atoms with Gasteiger partial charge in [0, 0.05) is 24.7 Å². The second kappa shape index (κ2) is 8.45. The predicted octanol–water partition coefficient (Wildman–Crippen LogP) is 4.83. The monoisotopic (exact) mass is 474 g/mol. The maximum atomic E-state index is 14.3. The molecule has 0 radical (unpaired) electrons. The van der Waals surface area contributed by atoms with Crippen LogP contribution in [0.15, 0.2) is 59.7 Å². The Morgan fingerprint density at radius 3 is 2.94 bits per heavy atom. The van der Waals surface area contributed by atoms with Crippen LogP contribution in [0.3, 0.4) is 0 Å². The number of aryl methyl sites for hydroxylation is 1. The Labute approximate surface area is 203 Å². The van der Waals surface area contributed by atoms with Gasteiger partial charge in [-0.1, -0.05) is 11.2 Å². The average Bonchev–Trinajstić information content (AvgIpc) is 3.31. The van der Waals surface area contributed by atoms with E-state index in [1.54, 1.807) is 25.6 Å². The number of halogens is 1. The number of amidine groups is 1. The Morgan fingerprint density at radius 2 is 2.11 bits per heavy atom. The van der Waals surface area contributed by atoms with Crippen LogP contribution < -0.4 is 9.47 Å². The van der Waals surface area contributed by atoms with E-state index in [4.69, 9.17) is 14.3 Å². The van der Waals surface area contributed by atoms with E-state index < -0.39 is 5.54 Å². The molecule has 0 aliphatic carbocycles. The number of nitrogens with zero attached hydrogens (tertiary/aromatic N) is 4. The highest BCUT2D eigenvalue weighted by Gasteiger charge is 2.49. The first-order valence-electron chi connectivity index (χ1n) is 11.9. The van der Waals surface area contributed by atoms with E-state index >= 15 is 0 Å². The number of fused-ring (bicyclic) bond motifs is 4. The van der Waals surface area contributed by atoms with Gasteiger partial charge >= 0.3 is 0 Å². The molecule has 8 heteroatoms. The van der Waals surface area contributed by atoms with Gasteiger partial charge in [0.15, 0.2) is 5.84 Å². The fourth-order valence-corrected chi connectivity index (χ4v) is 5.40. The van der Waals surface area contributed by atoms with E-state index in [2.05, 4.69) is 27.2 Å². The molecule has 1 atom stereocenters. The Kier molecular flexibility index (Phi) is 5.24. The van der Waals surface area contributed by atoms with Crippen LogP contribution in [0.25, 0.3) is 11.8 Å². The molecule has 0 saturated carbocycles. The second-order valence-electron chi connectivity index (χ2n) is 9.24. The summed E-state index contributed by atoms with van der Waals surface area (Å²) in [6.45, 7) is 3.72. The van der Waals surface area contributed by atoms with E-state index in [-0.39, 0.29) is 5.82 Å². The summed E-state index contributed by atoms with van der Waals surface area (Å²) < 4.78 is 27.8. The van der Waals surface area contributed by atoms with Crippen LogP contribution in [-0.4, -0.2) is 47.2 Å².